The highest BCUT2D eigenvalue weighted by Gasteiger charge is 2.11. The number of amides is 1. The number of carbonyl (C=O) groups is 1. The van der Waals surface area contributed by atoms with Crippen molar-refractivity contribution in [3.63, 3.8) is 0 Å². The molecule has 0 saturated heterocycles. The zero-order valence-corrected chi connectivity index (χ0v) is 12.0. The Morgan fingerprint density at radius 3 is 2.71 bits per heavy atom. The van der Waals surface area contributed by atoms with Gasteiger partial charge in [-0.25, -0.2) is 10.5 Å². The molecular weight excluding hydrogens is 313 g/mol. The standard InChI is InChI=1S/C14H9Cl2N3O2/c15-8-2-3-9(10(16)6-8)13-17-11-4-1-7(14(20)19-21)5-12(11)18-13/h1-6,21H,(H,17,18)(H,19,20). The Morgan fingerprint density at radius 2 is 2.00 bits per heavy atom. The van der Waals surface area contributed by atoms with Gasteiger partial charge in [0, 0.05) is 16.1 Å². The quantitative estimate of drug-likeness (QED) is 0.498. The zero-order valence-electron chi connectivity index (χ0n) is 10.5. The summed E-state index contributed by atoms with van der Waals surface area (Å²) in [5.74, 6) is -0.00852. The summed E-state index contributed by atoms with van der Waals surface area (Å²) in [7, 11) is 0. The highest BCUT2D eigenvalue weighted by molar-refractivity contribution is 6.36. The lowest BCUT2D eigenvalue weighted by Crippen LogP contribution is -2.18. The minimum absolute atomic E-state index is 0.322. The van der Waals surface area contributed by atoms with Gasteiger partial charge in [-0.3, -0.25) is 10.0 Å². The molecule has 0 spiro atoms. The molecule has 1 aromatic heterocycles. The van der Waals surface area contributed by atoms with Crippen LogP contribution in [0.25, 0.3) is 22.4 Å². The Kier molecular flexibility index (Phi) is 3.55. The van der Waals surface area contributed by atoms with Gasteiger partial charge in [0.15, 0.2) is 0 Å². The second-order valence-corrected chi connectivity index (χ2v) is 5.23. The van der Waals surface area contributed by atoms with E-state index < -0.39 is 5.91 Å². The smallest absolute Gasteiger partial charge is 0.274 e. The molecule has 0 unspecified atom stereocenters. The van der Waals surface area contributed by atoms with Gasteiger partial charge in [0.05, 0.1) is 16.1 Å². The van der Waals surface area contributed by atoms with Crippen LogP contribution >= 0.6 is 23.2 Å². The van der Waals surface area contributed by atoms with Gasteiger partial charge < -0.3 is 4.98 Å². The number of fused-ring (bicyclic) bond motifs is 1. The number of carbonyl (C=O) groups excluding carboxylic acids is 1. The van der Waals surface area contributed by atoms with Crippen LogP contribution in [0.2, 0.25) is 10.0 Å². The van der Waals surface area contributed by atoms with Crippen LogP contribution in [-0.4, -0.2) is 21.1 Å². The predicted molar refractivity (Wildman–Crippen MR) is 80.8 cm³/mol. The first-order chi connectivity index (χ1) is 10.1. The van der Waals surface area contributed by atoms with Crippen LogP contribution in [-0.2, 0) is 0 Å². The van der Waals surface area contributed by atoms with Crippen molar-refractivity contribution in [1.29, 1.82) is 0 Å². The third-order valence-corrected chi connectivity index (χ3v) is 3.58. The van der Waals surface area contributed by atoms with E-state index in [0.29, 0.717) is 38.0 Å². The molecule has 5 nitrogen and oxygen atoms in total. The van der Waals surface area contributed by atoms with Gasteiger partial charge in [0.2, 0.25) is 0 Å². The maximum Gasteiger partial charge on any atom is 0.274 e. The average Bonchev–Trinajstić information content (AvgIpc) is 2.88. The Labute approximate surface area is 129 Å². The normalized spacial score (nSPS) is 10.8. The molecule has 0 atom stereocenters. The molecule has 1 heterocycles. The predicted octanol–water partition coefficient (Wildman–Crippen LogP) is 3.66. The van der Waals surface area contributed by atoms with Crippen LogP contribution in [0.3, 0.4) is 0 Å². The Hall–Kier alpha value is -2.08. The van der Waals surface area contributed by atoms with E-state index in [-0.39, 0.29) is 0 Å². The number of rotatable bonds is 2. The molecule has 0 fully saturated rings. The molecule has 0 aliphatic carbocycles. The SMILES string of the molecule is O=C(NO)c1ccc2nc(-c3ccc(Cl)cc3Cl)[nH]c2c1. The van der Waals surface area contributed by atoms with Crippen molar-refractivity contribution in [2.75, 3.05) is 0 Å². The third kappa shape index (κ3) is 2.58. The van der Waals surface area contributed by atoms with Crippen LogP contribution in [0.15, 0.2) is 36.4 Å². The number of halogens is 2. The fourth-order valence-electron chi connectivity index (χ4n) is 2.02. The van der Waals surface area contributed by atoms with E-state index in [2.05, 4.69) is 9.97 Å². The molecular formula is C14H9Cl2N3O2. The largest absolute Gasteiger partial charge is 0.338 e. The first-order valence-electron chi connectivity index (χ1n) is 5.98. The van der Waals surface area contributed by atoms with Gasteiger partial charge in [0.25, 0.3) is 5.91 Å². The second kappa shape index (κ2) is 5.37. The average molecular weight is 322 g/mol. The number of hydroxylamine groups is 1. The summed E-state index contributed by atoms with van der Waals surface area (Å²) in [6.45, 7) is 0. The number of aromatic amines is 1. The van der Waals surface area contributed by atoms with Crippen LogP contribution in [0.1, 0.15) is 10.4 Å². The lowest BCUT2D eigenvalue weighted by molar-refractivity contribution is 0.0706. The number of aromatic nitrogens is 2. The summed E-state index contributed by atoms with van der Waals surface area (Å²) in [5, 5.41) is 9.68. The molecule has 3 aromatic rings. The molecule has 7 heteroatoms. The minimum Gasteiger partial charge on any atom is -0.338 e. The van der Waals surface area contributed by atoms with Gasteiger partial charge >= 0.3 is 0 Å². The number of nitrogens with one attached hydrogen (secondary N) is 2. The van der Waals surface area contributed by atoms with E-state index >= 15 is 0 Å². The highest BCUT2D eigenvalue weighted by Crippen LogP contribution is 2.30. The molecule has 0 bridgehead atoms. The molecule has 3 rings (SSSR count). The van der Waals surface area contributed by atoms with Crippen molar-refractivity contribution in [1.82, 2.24) is 15.4 Å². The van der Waals surface area contributed by atoms with Crippen molar-refractivity contribution in [2.24, 2.45) is 0 Å². The maximum absolute atomic E-state index is 11.4. The molecule has 106 valence electrons. The Morgan fingerprint density at radius 1 is 1.19 bits per heavy atom. The van der Waals surface area contributed by atoms with Crippen molar-refractivity contribution in [3.8, 4) is 11.4 Å². The zero-order chi connectivity index (χ0) is 15.0. The van der Waals surface area contributed by atoms with Gasteiger partial charge in [-0.1, -0.05) is 23.2 Å². The van der Waals surface area contributed by atoms with Crippen molar-refractivity contribution < 1.29 is 10.0 Å². The summed E-state index contributed by atoms with van der Waals surface area (Å²) in [6, 6.07) is 9.98. The van der Waals surface area contributed by atoms with Crippen LogP contribution in [0.5, 0.6) is 0 Å². The molecule has 0 radical (unpaired) electrons. The fourth-order valence-corrected chi connectivity index (χ4v) is 2.52. The van der Waals surface area contributed by atoms with Crippen molar-refractivity contribution >= 4 is 40.1 Å². The lowest BCUT2D eigenvalue weighted by Gasteiger charge is -2.00. The van der Waals surface area contributed by atoms with E-state index in [4.69, 9.17) is 28.4 Å². The molecule has 0 saturated carbocycles. The fraction of sp³-hybridized carbons (Fsp3) is 0. The first kappa shape index (κ1) is 13.9. The number of hydrogen-bond acceptors (Lipinski definition) is 3. The summed E-state index contributed by atoms with van der Waals surface area (Å²) < 4.78 is 0. The van der Waals surface area contributed by atoms with E-state index in [1.165, 1.54) is 0 Å². The number of nitrogens with zero attached hydrogens (tertiary/aromatic N) is 1. The Balaban J connectivity index is 2.10. The molecule has 3 N–H and O–H groups in total. The van der Waals surface area contributed by atoms with Crippen LogP contribution in [0, 0.1) is 0 Å². The van der Waals surface area contributed by atoms with Crippen molar-refractivity contribution in [2.45, 2.75) is 0 Å². The van der Waals surface area contributed by atoms with Crippen LogP contribution in [0.4, 0.5) is 0 Å². The molecule has 21 heavy (non-hydrogen) atoms. The van der Waals surface area contributed by atoms with E-state index in [1.807, 2.05) is 0 Å². The van der Waals surface area contributed by atoms with Gasteiger partial charge in [-0.05, 0) is 36.4 Å². The van der Waals surface area contributed by atoms with Gasteiger partial charge in [-0.2, -0.15) is 0 Å². The van der Waals surface area contributed by atoms with Crippen molar-refractivity contribution in [3.05, 3.63) is 52.0 Å². The molecule has 0 aliphatic rings. The monoisotopic (exact) mass is 321 g/mol. The number of benzene rings is 2. The molecule has 0 aliphatic heterocycles. The van der Waals surface area contributed by atoms with E-state index in [0.717, 1.165) is 0 Å². The second-order valence-electron chi connectivity index (χ2n) is 4.38. The van der Waals surface area contributed by atoms with E-state index in [1.54, 1.807) is 41.9 Å². The van der Waals surface area contributed by atoms with E-state index in [9.17, 15) is 4.79 Å². The minimum atomic E-state index is -0.586. The summed E-state index contributed by atoms with van der Waals surface area (Å²) in [4.78, 5) is 18.9. The first-order valence-corrected chi connectivity index (χ1v) is 6.73. The third-order valence-electron chi connectivity index (χ3n) is 3.03. The van der Waals surface area contributed by atoms with Gasteiger partial charge in [-0.15, -0.1) is 0 Å². The molecule has 1 amide bonds. The number of imidazole rings is 1. The topological polar surface area (TPSA) is 78.0 Å². The summed E-state index contributed by atoms with van der Waals surface area (Å²) in [6.07, 6.45) is 0. The highest BCUT2D eigenvalue weighted by atomic mass is 35.5. The number of H-pyrrole nitrogens is 1. The lowest BCUT2D eigenvalue weighted by atomic mass is 10.2. The number of hydrogen-bond donors (Lipinski definition) is 3. The Bertz CT molecular complexity index is 845. The van der Waals surface area contributed by atoms with Crippen LogP contribution < -0.4 is 5.48 Å². The molecule has 2 aromatic carbocycles. The van der Waals surface area contributed by atoms with Gasteiger partial charge in [0.1, 0.15) is 5.82 Å². The summed E-state index contributed by atoms with van der Waals surface area (Å²) >= 11 is 12.0. The summed E-state index contributed by atoms with van der Waals surface area (Å²) in [5.41, 5.74) is 3.98. The maximum atomic E-state index is 11.4.